The molecule has 156 valence electrons. The zero-order valence-corrected chi connectivity index (χ0v) is 18.0. The number of piperidine rings is 1. The van der Waals surface area contributed by atoms with E-state index in [0.29, 0.717) is 31.1 Å². The van der Waals surface area contributed by atoms with Crippen LogP contribution < -0.4 is 9.80 Å². The molecular weight excluding hydrogens is 386 g/mol. The van der Waals surface area contributed by atoms with Crippen LogP contribution >= 0.6 is 0 Å². The Hall–Kier alpha value is -2.19. The normalized spacial score (nSPS) is 19.5. The molecule has 1 aromatic heterocycles. The average molecular weight is 416 g/mol. The Morgan fingerprint density at radius 1 is 0.862 bits per heavy atom. The number of hydrogen-bond acceptors (Lipinski definition) is 6. The van der Waals surface area contributed by atoms with Crippen LogP contribution in [0.4, 0.5) is 11.6 Å². The Morgan fingerprint density at radius 2 is 1.45 bits per heavy atom. The van der Waals surface area contributed by atoms with Gasteiger partial charge in [0.25, 0.3) is 0 Å². The Balaban J connectivity index is 1.38. The maximum Gasteiger partial charge on any atom is 0.243 e. The number of aromatic nitrogens is 2. The smallest absolute Gasteiger partial charge is 0.243 e. The fourth-order valence-corrected chi connectivity index (χ4v) is 5.50. The number of rotatable bonds is 4. The first kappa shape index (κ1) is 20.1. The largest absolute Gasteiger partial charge is 0.355 e. The number of hydrogen-bond donors (Lipinski definition) is 0. The first-order chi connectivity index (χ1) is 13.9. The summed E-state index contributed by atoms with van der Waals surface area (Å²) in [6.45, 7) is 8.39. The SMILES string of the molecule is Cc1cccc(S(=O)(=O)N2CCN(c3ccc(N4CCC(C)CC4)nn3)CC2)c1. The maximum atomic E-state index is 12.9. The quantitative estimate of drug-likeness (QED) is 0.764. The van der Waals surface area contributed by atoms with Crippen molar-refractivity contribution in [1.82, 2.24) is 14.5 Å². The molecule has 0 radical (unpaired) electrons. The van der Waals surface area contributed by atoms with Crippen molar-refractivity contribution in [2.24, 2.45) is 5.92 Å². The highest BCUT2D eigenvalue weighted by Gasteiger charge is 2.29. The Bertz CT molecular complexity index is 932. The molecule has 2 saturated heterocycles. The van der Waals surface area contributed by atoms with E-state index in [1.807, 2.05) is 25.1 Å². The minimum absolute atomic E-state index is 0.367. The third-order valence-electron chi connectivity index (χ3n) is 5.93. The molecule has 0 unspecified atom stereocenters. The predicted octanol–water partition coefficient (Wildman–Crippen LogP) is 2.53. The van der Waals surface area contributed by atoms with Crippen LogP contribution in [0.25, 0.3) is 0 Å². The monoisotopic (exact) mass is 415 g/mol. The summed E-state index contributed by atoms with van der Waals surface area (Å²) in [7, 11) is -3.45. The van der Waals surface area contributed by atoms with Crippen LogP contribution in [0.3, 0.4) is 0 Å². The van der Waals surface area contributed by atoms with Crippen molar-refractivity contribution < 1.29 is 8.42 Å². The second-order valence-corrected chi connectivity index (χ2v) is 10.1. The number of benzene rings is 1. The van der Waals surface area contributed by atoms with E-state index < -0.39 is 10.0 Å². The summed E-state index contributed by atoms with van der Waals surface area (Å²) < 4.78 is 27.4. The van der Waals surface area contributed by atoms with E-state index in [0.717, 1.165) is 36.2 Å². The molecule has 0 bridgehead atoms. The van der Waals surface area contributed by atoms with Crippen molar-refractivity contribution in [1.29, 1.82) is 0 Å². The van der Waals surface area contributed by atoms with E-state index in [4.69, 9.17) is 0 Å². The van der Waals surface area contributed by atoms with Crippen molar-refractivity contribution in [2.45, 2.75) is 31.6 Å². The van der Waals surface area contributed by atoms with Gasteiger partial charge in [0.15, 0.2) is 11.6 Å². The lowest BCUT2D eigenvalue weighted by molar-refractivity contribution is 0.383. The third-order valence-corrected chi connectivity index (χ3v) is 7.83. The van der Waals surface area contributed by atoms with Crippen molar-refractivity contribution in [3.63, 3.8) is 0 Å². The molecule has 2 fully saturated rings. The van der Waals surface area contributed by atoms with Gasteiger partial charge in [0, 0.05) is 39.3 Å². The Labute approximate surface area is 173 Å². The van der Waals surface area contributed by atoms with Gasteiger partial charge in [-0.1, -0.05) is 19.1 Å². The Kier molecular flexibility index (Phi) is 5.74. The summed E-state index contributed by atoms with van der Waals surface area (Å²) >= 11 is 0. The lowest BCUT2D eigenvalue weighted by atomic mass is 9.99. The van der Waals surface area contributed by atoms with Gasteiger partial charge >= 0.3 is 0 Å². The maximum absolute atomic E-state index is 12.9. The summed E-state index contributed by atoms with van der Waals surface area (Å²) in [4.78, 5) is 4.77. The van der Waals surface area contributed by atoms with Gasteiger partial charge in [0.05, 0.1) is 4.90 Å². The summed E-state index contributed by atoms with van der Waals surface area (Å²) in [5.74, 6) is 2.53. The first-order valence-electron chi connectivity index (χ1n) is 10.3. The number of aryl methyl sites for hydroxylation is 1. The summed E-state index contributed by atoms with van der Waals surface area (Å²) in [5, 5.41) is 8.85. The molecule has 2 aliphatic heterocycles. The number of sulfonamides is 1. The molecule has 0 spiro atoms. The van der Waals surface area contributed by atoms with Crippen molar-refractivity contribution in [3.8, 4) is 0 Å². The van der Waals surface area contributed by atoms with Crippen molar-refractivity contribution >= 4 is 21.7 Å². The van der Waals surface area contributed by atoms with Gasteiger partial charge < -0.3 is 9.80 Å². The fraction of sp³-hybridized carbons (Fsp3) is 0.524. The van der Waals surface area contributed by atoms with Crippen LogP contribution in [-0.2, 0) is 10.0 Å². The lowest BCUT2D eigenvalue weighted by Crippen LogP contribution is -2.49. The molecule has 8 heteroatoms. The molecule has 0 aliphatic carbocycles. The van der Waals surface area contributed by atoms with E-state index in [1.54, 1.807) is 22.5 Å². The van der Waals surface area contributed by atoms with Crippen LogP contribution in [0.2, 0.25) is 0 Å². The zero-order chi connectivity index (χ0) is 20.4. The topological polar surface area (TPSA) is 69.6 Å². The molecule has 0 N–H and O–H groups in total. The molecule has 4 rings (SSSR count). The summed E-state index contributed by atoms with van der Waals surface area (Å²) in [6.07, 6.45) is 2.39. The molecule has 3 heterocycles. The lowest BCUT2D eigenvalue weighted by Gasteiger charge is -2.35. The van der Waals surface area contributed by atoms with E-state index in [1.165, 1.54) is 12.8 Å². The number of piperazine rings is 1. The molecule has 2 aromatic rings. The fourth-order valence-electron chi connectivity index (χ4n) is 3.98. The van der Waals surface area contributed by atoms with E-state index in [2.05, 4.69) is 26.9 Å². The minimum atomic E-state index is -3.45. The van der Waals surface area contributed by atoms with Crippen LogP contribution in [0.5, 0.6) is 0 Å². The zero-order valence-electron chi connectivity index (χ0n) is 17.2. The first-order valence-corrected chi connectivity index (χ1v) is 11.8. The third kappa shape index (κ3) is 4.38. The standard InChI is InChI=1S/C21H29N5O2S/c1-17-8-10-24(11-9-17)20-6-7-21(23-22-20)25-12-14-26(15-13-25)29(27,28)19-5-3-4-18(2)16-19/h3-7,16-17H,8-15H2,1-2H3. The molecule has 2 aliphatic rings. The predicted molar refractivity (Wildman–Crippen MR) is 115 cm³/mol. The summed E-state index contributed by atoms with van der Waals surface area (Å²) in [5.41, 5.74) is 0.947. The molecular formula is C21H29N5O2S. The van der Waals surface area contributed by atoms with Gasteiger partial charge in [0.2, 0.25) is 10.0 Å². The molecule has 0 saturated carbocycles. The van der Waals surface area contributed by atoms with Crippen LogP contribution in [0.1, 0.15) is 25.3 Å². The molecule has 0 amide bonds. The second-order valence-electron chi connectivity index (χ2n) is 8.13. The summed E-state index contributed by atoms with van der Waals surface area (Å²) in [6, 6.07) is 11.1. The Morgan fingerprint density at radius 3 is 2.00 bits per heavy atom. The molecule has 7 nitrogen and oxygen atoms in total. The van der Waals surface area contributed by atoms with Crippen molar-refractivity contribution in [2.75, 3.05) is 49.1 Å². The molecule has 0 atom stereocenters. The molecule has 29 heavy (non-hydrogen) atoms. The van der Waals surface area contributed by atoms with Gasteiger partial charge in [-0.05, 0) is 55.5 Å². The van der Waals surface area contributed by atoms with Crippen LogP contribution in [-0.4, -0.2) is 62.2 Å². The van der Waals surface area contributed by atoms with Crippen LogP contribution in [0, 0.1) is 12.8 Å². The average Bonchev–Trinajstić information content (AvgIpc) is 2.74. The number of anilines is 2. The van der Waals surface area contributed by atoms with Gasteiger partial charge in [-0.3, -0.25) is 0 Å². The highest BCUT2D eigenvalue weighted by atomic mass is 32.2. The second kappa shape index (κ2) is 8.28. The van der Waals surface area contributed by atoms with E-state index >= 15 is 0 Å². The van der Waals surface area contributed by atoms with E-state index in [-0.39, 0.29) is 0 Å². The highest BCUT2D eigenvalue weighted by Crippen LogP contribution is 2.24. The highest BCUT2D eigenvalue weighted by molar-refractivity contribution is 7.89. The van der Waals surface area contributed by atoms with Crippen LogP contribution in [0.15, 0.2) is 41.3 Å². The van der Waals surface area contributed by atoms with Gasteiger partial charge in [-0.2, -0.15) is 4.31 Å². The minimum Gasteiger partial charge on any atom is -0.355 e. The van der Waals surface area contributed by atoms with Gasteiger partial charge in [-0.15, -0.1) is 10.2 Å². The number of nitrogens with zero attached hydrogens (tertiary/aromatic N) is 5. The van der Waals surface area contributed by atoms with Gasteiger partial charge in [-0.25, -0.2) is 8.42 Å². The van der Waals surface area contributed by atoms with E-state index in [9.17, 15) is 8.42 Å². The van der Waals surface area contributed by atoms with Gasteiger partial charge in [0.1, 0.15) is 0 Å². The molecule has 1 aromatic carbocycles. The van der Waals surface area contributed by atoms with Crippen molar-refractivity contribution in [3.05, 3.63) is 42.0 Å².